The number of nitrogens with one attached hydrogen (secondary N) is 2. The minimum absolute atomic E-state index is 0.00947. The Morgan fingerprint density at radius 3 is 2.56 bits per heavy atom. The van der Waals surface area contributed by atoms with Crippen molar-refractivity contribution in [2.75, 3.05) is 19.6 Å². The molecule has 1 unspecified atom stereocenters. The van der Waals surface area contributed by atoms with Gasteiger partial charge < -0.3 is 15.5 Å². The van der Waals surface area contributed by atoms with Crippen molar-refractivity contribution >= 4 is 11.8 Å². The van der Waals surface area contributed by atoms with Gasteiger partial charge in [0.1, 0.15) is 0 Å². The highest BCUT2D eigenvalue weighted by molar-refractivity contribution is 5.89. The van der Waals surface area contributed by atoms with Crippen molar-refractivity contribution in [1.82, 2.24) is 15.5 Å². The van der Waals surface area contributed by atoms with Crippen molar-refractivity contribution in [3.05, 3.63) is 0 Å². The van der Waals surface area contributed by atoms with Crippen LogP contribution in [0.2, 0.25) is 0 Å². The molecular formula is C13H23N3O2. The molecule has 5 heteroatoms. The highest BCUT2D eigenvalue weighted by Gasteiger charge is 2.30. The average Bonchev–Trinajstić information content (AvgIpc) is 2.76. The Labute approximate surface area is 108 Å². The number of hydrogen-bond acceptors (Lipinski definition) is 3. The largest absolute Gasteiger partial charge is 0.355 e. The lowest BCUT2D eigenvalue weighted by molar-refractivity contribution is -0.127. The van der Waals surface area contributed by atoms with E-state index in [1.807, 2.05) is 0 Å². The Kier molecular flexibility index (Phi) is 4.22. The van der Waals surface area contributed by atoms with Crippen LogP contribution in [0.5, 0.6) is 0 Å². The molecule has 0 radical (unpaired) electrons. The zero-order valence-corrected chi connectivity index (χ0v) is 11.2. The molecule has 2 heterocycles. The topological polar surface area (TPSA) is 61.4 Å². The Balaban J connectivity index is 1.74. The highest BCUT2D eigenvalue weighted by Crippen LogP contribution is 2.15. The van der Waals surface area contributed by atoms with Crippen LogP contribution in [0.4, 0.5) is 0 Å². The van der Waals surface area contributed by atoms with E-state index in [0.717, 1.165) is 25.9 Å². The van der Waals surface area contributed by atoms with Gasteiger partial charge in [-0.2, -0.15) is 0 Å². The molecule has 0 aromatic heterocycles. The van der Waals surface area contributed by atoms with Gasteiger partial charge in [0.15, 0.2) is 0 Å². The predicted octanol–water partition coefficient (Wildman–Crippen LogP) is 0.112. The summed E-state index contributed by atoms with van der Waals surface area (Å²) in [7, 11) is 0. The fourth-order valence-corrected chi connectivity index (χ4v) is 2.67. The standard InChI is InChI=1S/C13H23N3O2/c1-9(2)16-5-3-11(4-6-16)15-13(18)10-7-12(17)14-8-10/h9-11H,3-8H2,1-2H3,(H,14,17)(H,15,18). The lowest BCUT2D eigenvalue weighted by Gasteiger charge is -2.35. The van der Waals surface area contributed by atoms with Crippen LogP contribution in [0.1, 0.15) is 33.1 Å². The van der Waals surface area contributed by atoms with Gasteiger partial charge in [-0.25, -0.2) is 0 Å². The third kappa shape index (κ3) is 3.22. The molecule has 1 atom stereocenters. The van der Waals surface area contributed by atoms with Gasteiger partial charge in [-0.15, -0.1) is 0 Å². The number of amides is 2. The van der Waals surface area contributed by atoms with Gasteiger partial charge in [-0.3, -0.25) is 9.59 Å². The van der Waals surface area contributed by atoms with Crippen LogP contribution in [0.15, 0.2) is 0 Å². The van der Waals surface area contributed by atoms with Crippen LogP contribution >= 0.6 is 0 Å². The van der Waals surface area contributed by atoms with E-state index in [4.69, 9.17) is 0 Å². The second-order valence-corrected chi connectivity index (χ2v) is 5.62. The number of carbonyl (C=O) groups is 2. The van der Waals surface area contributed by atoms with Crippen LogP contribution in [-0.4, -0.2) is 48.4 Å². The zero-order chi connectivity index (χ0) is 13.1. The molecule has 0 aromatic carbocycles. The zero-order valence-electron chi connectivity index (χ0n) is 11.2. The molecule has 2 N–H and O–H groups in total. The van der Waals surface area contributed by atoms with Crippen LogP contribution in [0.25, 0.3) is 0 Å². The fraction of sp³-hybridized carbons (Fsp3) is 0.846. The van der Waals surface area contributed by atoms with Crippen LogP contribution in [0, 0.1) is 5.92 Å². The van der Waals surface area contributed by atoms with Crippen molar-refractivity contribution in [3.8, 4) is 0 Å². The third-order valence-corrected chi connectivity index (χ3v) is 3.95. The van der Waals surface area contributed by atoms with Gasteiger partial charge in [0.2, 0.25) is 11.8 Å². The average molecular weight is 253 g/mol. The molecule has 18 heavy (non-hydrogen) atoms. The SMILES string of the molecule is CC(C)N1CCC(NC(=O)C2CNC(=O)C2)CC1. The Morgan fingerprint density at radius 2 is 2.06 bits per heavy atom. The molecule has 2 aliphatic heterocycles. The predicted molar refractivity (Wildman–Crippen MR) is 69.0 cm³/mol. The minimum Gasteiger partial charge on any atom is -0.355 e. The maximum Gasteiger partial charge on any atom is 0.225 e. The molecule has 5 nitrogen and oxygen atoms in total. The Hall–Kier alpha value is -1.10. The van der Waals surface area contributed by atoms with Crippen LogP contribution < -0.4 is 10.6 Å². The van der Waals surface area contributed by atoms with E-state index in [2.05, 4.69) is 29.4 Å². The number of likely N-dealkylation sites (tertiary alicyclic amines) is 1. The van der Waals surface area contributed by atoms with Gasteiger partial charge in [0, 0.05) is 38.1 Å². The van der Waals surface area contributed by atoms with Gasteiger partial charge >= 0.3 is 0 Å². The molecule has 0 bridgehead atoms. The van der Waals surface area contributed by atoms with Gasteiger partial charge in [-0.05, 0) is 26.7 Å². The molecule has 2 fully saturated rings. The molecule has 2 saturated heterocycles. The summed E-state index contributed by atoms with van der Waals surface area (Å²) < 4.78 is 0. The van der Waals surface area contributed by atoms with Crippen LogP contribution in [0.3, 0.4) is 0 Å². The highest BCUT2D eigenvalue weighted by atomic mass is 16.2. The number of hydrogen-bond donors (Lipinski definition) is 2. The van der Waals surface area contributed by atoms with E-state index in [-0.39, 0.29) is 23.8 Å². The van der Waals surface area contributed by atoms with Gasteiger partial charge in [0.05, 0.1) is 5.92 Å². The molecule has 0 saturated carbocycles. The van der Waals surface area contributed by atoms with Crippen molar-refractivity contribution in [3.63, 3.8) is 0 Å². The summed E-state index contributed by atoms with van der Waals surface area (Å²) in [5.74, 6) is -0.137. The first-order valence-corrected chi connectivity index (χ1v) is 6.87. The first-order valence-electron chi connectivity index (χ1n) is 6.87. The molecule has 0 aromatic rings. The van der Waals surface area contributed by atoms with E-state index >= 15 is 0 Å². The van der Waals surface area contributed by atoms with Crippen molar-refractivity contribution < 1.29 is 9.59 Å². The summed E-state index contributed by atoms with van der Waals surface area (Å²) in [4.78, 5) is 25.5. The lowest BCUT2D eigenvalue weighted by Crippen LogP contribution is -2.48. The van der Waals surface area contributed by atoms with E-state index in [9.17, 15) is 9.59 Å². The summed E-state index contributed by atoms with van der Waals surface area (Å²) in [5, 5.41) is 5.78. The summed E-state index contributed by atoms with van der Waals surface area (Å²) in [6.45, 7) is 6.99. The van der Waals surface area contributed by atoms with Crippen LogP contribution in [-0.2, 0) is 9.59 Å². The molecule has 102 valence electrons. The Morgan fingerprint density at radius 1 is 1.39 bits per heavy atom. The second kappa shape index (κ2) is 5.69. The van der Waals surface area contributed by atoms with Gasteiger partial charge in [0.25, 0.3) is 0 Å². The molecular weight excluding hydrogens is 230 g/mol. The number of nitrogens with zero attached hydrogens (tertiary/aromatic N) is 1. The first kappa shape index (κ1) is 13.3. The summed E-state index contributed by atoms with van der Waals surface area (Å²) in [6, 6.07) is 0.863. The molecule has 2 amide bonds. The second-order valence-electron chi connectivity index (χ2n) is 5.62. The molecule has 0 spiro atoms. The fourth-order valence-electron chi connectivity index (χ4n) is 2.67. The summed E-state index contributed by atoms with van der Waals surface area (Å²) in [5.41, 5.74) is 0. The van der Waals surface area contributed by atoms with Crippen molar-refractivity contribution in [2.45, 2.75) is 45.2 Å². The monoisotopic (exact) mass is 253 g/mol. The summed E-state index contributed by atoms with van der Waals surface area (Å²) >= 11 is 0. The van der Waals surface area contributed by atoms with Crippen molar-refractivity contribution in [1.29, 1.82) is 0 Å². The maximum atomic E-state index is 12.0. The molecule has 0 aliphatic carbocycles. The smallest absolute Gasteiger partial charge is 0.225 e. The third-order valence-electron chi connectivity index (χ3n) is 3.95. The molecule has 2 aliphatic rings. The number of rotatable bonds is 3. The van der Waals surface area contributed by atoms with E-state index in [1.165, 1.54) is 0 Å². The van der Waals surface area contributed by atoms with Gasteiger partial charge in [-0.1, -0.05) is 0 Å². The normalized spacial score (nSPS) is 26.4. The number of carbonyl (C=O) groups excluding carboxylic acids is 2. The number of piperidine rings is 1. The first-order chi connectivity index (χ1) is 8.56. The van der Waals surface area contributed by atoms with Crippen molar-refractivity contribution in [2.24, 2.45) is 5.92 Å². The molecule has 2 rings (SSSR count). The quantitative estimate of drug-likeness (QED) is 0.750. The maximum absolute atomic E-state index is 12.0. The minimum atomic E-state index is -0.166. The Bertz CT molecular complexity index is 322. The van der Waals surface area contributed by atoms with E-state index in [0.29, 0.717) is 19.0 Å². The lowest BCUT2D eigenvalue weighted by atomic mass is 10.0. The summed E-state index contributed by atoms with van der Waals surface area (Å²) in [6.07, 6.45) is 2.37. The van der Waals surface area contributed by atoms with E-state index in [1.54, 1.807) is 0 Å². The van der Waals surface area contributed by atoms with E-state index < -0.39 is 0 Å².